The van der Waals surface area contributed by atoms with Crippen molar-refractivity contribution in [2.45, 2.75) is 0 Å². The Labute approximate surface area is 170 Å². The van der Waals surface area contributed by atoms with Gasteiger partial charge in [-0.25, -0.2) is 4.79 Å². The monoisotopic (exact) mass is 409 g/mol. The summed E-state index contributed by atoms with van der Waals surface area (Å²) in [6.07, 6.45) is 1.44. The summed E-state index contributed by atoms with van der Waals surface area (Å²) >= 11 is 0. The highest BCUT2D eigenvalue weighted by Gasteiger charge is 2.26. The summed E-state index contributed by atoms with van der Waals surface area (Å²) in [4.78, 5) is 54.7. The van der Waals surface area contributed by atoms with Gasteiger partial charge >= 0.3 is 5.97 Å². The zero-order valence-corrected chi connectivity index (χ0v) is 16.0. The van der Waals surface area contributed by atoms with Crippen LogP contribution in [-0.2, 0) is 9.53 Å². The molecule has 0 radical (unpaired) electrons. The normalized spacial score (nSPS) is 14.0. The lowest BCUT2D eigenvalue weighted by atomic mass is 10.1. The van der Waals surface area contributed by atoms with Crippen molar-refractivity contribution in [3.05, 3.63) is 70.4 Å². The number of piperazine rings is 1. The molecule has 0 unspecified atom stereocenters. The Balaban J connectivity index is 1.34. The number of amides is 2. The fraction of sp³-hybridized carbons (Fsp3) is 0.238. The van der Waals surface area contributed by atoms with Gasteiger partial charge in [0.2, 0.25) is 5.56 Å². The number of aromatic amines is 1. The number of furan rings is 1. The molecule has 4 rings (SSSR count). The van der Waals surface area contributed by atoms with Gasteiger partial charge in [-0.1, -0.05) is 18.2 Å². The van der Waals surface area contributed by atoms with Gasteiger partial charge in [0.05, 0.1) is 11.8 Å². The maximum Gasteiger partial charge on any atom is 0.339 e. The summed E-state index contributed by atoms with van der Waals surface area (Å²) in [6, 6.07) is 11.3. The number of ether oxygens (including phenoxy) is 1. The van der Waals surface area contributed by atoms with Crippen LogP contribution < -0.4 is 5.56 Å². The molecule has 0 saturated carbocycles. The van der Waals surface area contributed by atoms with E-state index in [-0.39, 0.29) is 23.1 Å². The molecule has 2 amide bonds. The van der Waals surface area contributed by atoms with E-state index in [0.29, 0.717) is 37.1 Å². The lowest BCUT2D eigenvalue weighted by Crippen LogP contribution is -2.51. The predicted molar refractivity (Wildman–Crippen MR) is 106 cm³/mol. The molecule has 0 aliphatic carbocycles. The number of para-hydroxylation sites is 1. The Morgan fingerprint density at radius 3 is 2.47 bits per heavy atom. The molecule has 0 atom stereocenters. The van der Waals surface area contributed by atoms with Crippen molar-refractivity contribution in [2.24, 2.45) is 0 Å². The van der Waals surface area contributed by atoms with Gasteiger partial charge in [0.1, 0.15) is 0 Å². The number of nitrogens with one attached hydrogen (secondary N) is 1. The Hall–Kier alpha value is -3.88. The van der Waals surface area contributed by atoms with Crippen molar-refractivity contribution in [1.82, 2.24) is 14.8 Å². The average Bonchev–Trinajstić information content (AvgIpc) is 3.31. The molecule has 30 heavy (non-hydrogen) atoms. The van der Waals surface area contributed by atoms with Crippen LogP contribution in [0.25, 0.3) is 10.9 Å². The zero-order chi connectivity index (χ0) is 21.1. The molecule has 1 aromatic carbocycles. The molecule has 0 spiro atoms. The molecular formula is C21H19N3O6. The van der Waals surface area contributed by atoms with Crippen LogP contribution in [0.1, 0.15) is 20.9 Å². The lowest BCUT2D eigenvalue weighted by molar-refractivity contribution is -0.136. The first-order chi connectivity index (χ1) is 14.5. The van der Waals surface area contributed by atoms with E-state index in [9.17, 15) is 19.2 Å². The van der Waals surface area contributed by atoms with E-state index in [2.05, 4.69) is 4.98 Å². The van der Waals surface area contributed by atoms with Crippen molar-refractivity contribution < 1.29 is 23.5 Å². The molecule has 2 aromatic heterocycles. The van der Waals surface area contributed by atoms with Crippen LogP contribution in [0.15, 0.2) is 57.9 Å². The summed E-state index contributed by atoms with van der Waals surface area (Å²) in [7, 11) is 0. The molecule has 3 heterocycles. The predicted octanol–water partition coefficient (Wildman–Crippen LogP) is 1.26. The number of H-pyrrole nitrogens is 1. The number of carbonyl (C=O) groups excluding carboxylic acids is 3. The lowest BCUT2D eigenvalue weighted by Gasteiger charge is -2.34. The smallest absolute Gasteiger partial charge is 0.339 e. The summed E-state index contributed by atoms with van der Waals surface area (Å²) < 4.78 is 10.3. The number of esters is 1. The zero-order valence-electron chi connectivity index (χ0n) is 16.0. The second kappa shape index (κ2) is 8.24. The SMILES string of the molecule is O=C(OCC(=O)N1CCN(C(=O)c2ccco2)CC1)c1cc(=O)[nH]c2ccccc12. The molecule has 1 N–H and O–H groups in total. The number of pyridine rings is 1. The van der Waals surface area contributed by atoms with Gasteiger partial charge in [-0.05, 0) is 18.2 Å². The first kappa shape index (κ1) is 19.4. The molecule has 1 aliphatic rings. The van der Waals surface area contributed by atoms with Crippen LogP contribution in [0.5, 0.6) is 0 Å². The number of hydrogen-bond acceptors (Lipinski definition) is 6. The second-order valence-corrected chi connectivity index (χ2v) is 6.82. The highest BCUT2D eigenvalue weighted by atomic mass is 16.5. The number of carbonyl (C=O) groups is 3. The third-order valence-electron chi connectivity index (χ3n) is 4.95. The van der Waals surface area contributed by atoms with Gasteiger partial charge in [-0.3, -0.25) is 14.4 Å². The summed E-state index contributed by atoms with van der Waals surface area (Å²) in [5, 5.41) is 0.541. The fourth-order valence-electron chi connectivity index (χ4n) is 3.38. The number of hydrogen-bond donors (Lipinski definition) is 1. The summed E-state index contributed by atoms with van der Waals surface area (Å²) in [5.41, 5.74) is 0.195. The van der Waals surface area contributed by atoms with Gasteiger partial charge in [-0.15, -0.1) is 0 Å². The average molecular weight is 409 g/mol. The van der Waals surface area contributed by atoms with E-state index >= 15 is 0 Å². The minimum Gasteiger partial charge on any atom is -0.459 e. The number of aromatic nitrogens is 1. The van der Waals surface area contributed by atoms with Crippen molar-refractivity contribution in [3.63, 3.8) is 0 Å². The van der Waals surface area contributed by atoms with Gasteiger partial charge in [0.25, 0.3) is 11.8 Å². The van der Waals surface area contributed by atoms with E-state index in [1.165, 1.54) is 11.2 Å². The van der Waals surface area contributed by atoms with Gasteiger partial charge < -0.3 is 23.9 Å². The Bertz CT molecular complexity index is 1140. The molecule has 1 saturated heterocycles. The van der Waals surface area contributed by atoms with Crippen LogP contribution in [0.3, 0.4) is 0 Å². The van der Waals surface area contributed by atoms with Crippen molar-refractivity contribution in [3.8, 4) is 0 Å². The fourth-order valence-corrected chi connectivity index (χ4v) is 3.38. The van der Waals surface area contributed by atoms with E-state index in [4.69, 9.17) is 9.15 Å². The van der Waals surface area contributed by atoms with Gasteiger partial charge in [-0.2, -0.15) is 0 Å². The highest BCUT2D eigenvalue weighted by Crippen LogP contribution is 2.16. The van der Waals surface area contributed by atoms with Crippen LogP contribution in [0.4, 0.5) is 0 Å². The third kappa shape index (κ3) is 3.95. The molecule has 154 valence electrons. The van der Waals surface area contributed by atoms with E-state index < -0.39 is 18.1 Å². The Morgan fingerprint density at radius 2 is 1.73 bits per heavy atom. The van der Waals surface area contributed by atoms with E-state index in [0.717, 1.165) is 6.07 Å². The molecular weight excluding hydrogens is 390 g/mol. The highest BCUT2D eigenvalue weighted by molar-refractivity contribution is 6.03. The molecule has 9 nitrogen and oxygen atoms in total. The molecule has 0 bridgehead atoms. The summed E-state index contributed by atoms with van der Waals surface area (Å²) in [6.45, 7) is 0.940. The van der Waals surface area contributed by atoms with E-state index in [1.54, 1.807) is 41.3 Å². The molecule has 9 heteroatoms. The van der Waals surface area contributed by atoms with Crippen LogP contribution in [-0.4, -0.2) is 65.4 Å². The molecule has 1 aliphatic heterocycles. The summed E-state index contributed by atoms with van der Waals surface area (Å²) in [5.74, 6) is -1.06. The Morgan fingerprint density at radius 1 is 1.00 bits per heavy atom. The standard InChI is InChI=1S/C21H19N3O6/c25-18-12-15(14-4-1-2-5-16(14)22-18)21(28)30-13-19(26)23-7-9-24(10-8-23)20(27)17-6-3-11-29-17/h1-6,11-12H,7-10,13H2,(H,22,25). The Kier molecular flexibility index (Phi) is 5.34. The molecule has 3 aromatic rings. The number of fused-ring (bicyclic) bond motifs is 1. The first-order valence-electron chi connectivity index (χ1n) is 9.42. The largest absolute Gasteiger partial charge is 0.459 e. The maximum atomic E-state index is 12.5. The van der Waals surface area contributed by atoms with Gasteiger partial charge in [0.15, 0.2) is 12.4 Å². The minimum atomic E-state index is -0.739. The van der Waals surface area contributed by atoms with Crippen LogP contribution in [0, 0.1) is 0 Å². The quantitative estimate of drug-likeness (QED) is 0.649. The van der Waals surface area contributed by atoms with Crippen molar-refractivity contribution in [1.29, 1.82) is 0 Å². The minimum absolute atomic E-state index is 0.107. The number of benzene rings is 1. The maximum absolute atomic E-state index is 12.5. The molecule has 1 fully saturated rings. The van der Waals surface area contributed by atoms with Crippen LogP contribution in [0.2, 0.25) is 0 Å². The topological polar surface area (TPSA) is 113 Å². The third-order valence-corrected chi connectivity index (χ3v) is 4.95. The number of rotatable bonds is 4. The number of nitrogens with zero attached hydrogens (tertiary/aromatic N) is 2. The first-order valence-corrected chi connectivity index (χ1v) is 9.42. The van der Waals surface area contributed by atoms with Crippen LogP contribution >= 0.6 is 0 Å². The van der Waals surface area contributed by atoms with Crippen molar-refractivity contribution in [2.75, 3.05) is 32.8 Å². The van der Waals surface area contributed by atoms with Gasteiger partial charge in [0, 0.05) is 43.1 Å². The van der Waals surface area contributed by atoms with Crippen molar-refractivity contribution >= 4 is 28.7 Å². The second-order valence-electron chi connectivity index (χ2n) is 6.82. The van der Waals surface area contributed by atoms with E-state index in [1.807, 2.05) is 0 Å².